The highest BCUT2D eigenvalue weighted by Crippen LogP contribution is 2.30. The molecule has 0 aliphatic carbocycles. The van der Waals surface area contributed by atoms with Crippen LogP contribution >= 0.6 is 11.6 Å². The number of sulfonamides is 1. The summed E-state index contributed by atoms with van der Waals surface area (Å²) >= 11 is 6.19. The van der Waals surface area contributed by atoms with Crippen LogP contribution in [-0.4, -0.2) is 56.8 Å². The minimum atomic E-state index is -3.98. The molecule has 1 fully saturated rings. The SMILES string of the molecule is O=C(CN(c1cccc(Cl)c1)S(=O)(=O)c1ccccc1)N1CCN(C(c2ccccc2)c2ccccc2)CC1. The molecule has 4 aromatic carbocycles. The van der Waals surface area contributed by atoms with Crippen molar-refractivity contribution in [1.29, 1.82) is 0 Å². The number of hydrogen-bond acceptors (Lipinski definition) is 4. The number of benzene rings is 4. The molecule has 0 spiro atoms. The van der Waals surface area contributed by atoms with E-state index in [1.807, 2.05) is 36.4 Å². The van der Waals surface area contributed by atoms with E-state index in [1.165, 1.54) is 23.3 Å². The third-order valence-electron chi connectivity index (χ3n) is 6.97. The lowest BCUT2D eigenvalue weighted by atomic mass is 9.96. The zero-order valence-corrected chi connectivity index (χ0v) is 23.0. The lowest BCUT2D eigenvalue weighted by molar-refractivity contribution is -0.131. The molecule has 6 nitrogen and oxygen atoms in total. The average Bonchev–Trinajstić information content (AvgIpc) is 2.98. The minimum absolute atomic E-state index is 0.0751. The van der Waals surface area contributed by atoms with Crippen molar-refractivity contribution in [2.75, 3.05) is 37.0 Å². The van der Waals surface area contributed by atoms with Gasteiger partial charge in [-0.2, -0.15) is 0 Å². The highest BCUT2D eigenvalue weighted by molar-refractivity contribution is 7.92. The molecule has 1 heterocycles. The Hall–Kier alpha value is -3.65. The number of rotatable bonds is 8. The van der Waals surface area contributed by atoms with Crippen LogP contribution in [0.5, 0.6) is 0 Å². The molecule has 0 radical (unpaired) electrons. The Morgan fingerprint density at radius 1 is 0.744 bits per heavy atom. The number of piperazine rings is 1. The van der Waals surface area contributed by atoms with Gasteiger partial charge < -0.3 is 4.90 Å². The van der Waals surface area contributed by atoms with Gasteiger partial charge in [0.25, 0.3) is 10.0 Å². The number of carbonyl (C=O) groups excluding carboxylic acids is 1. The van der Waals surface area contributed by atoms with Crippen LogP contribution in [0, 0.1) is 0 Å². The van der Waals surface area contributed by atoms with E-state index in [0.717, 1.165) is 4.31 Å². The summed E-state index contributed by atoms with van der Waals surface area (Å²) in [6, 6.07) is 35.5. The van der Waals surface area contributed by atoms with Gasteiger partial charge in [0, 0.05) is 31.2 Å². The number of carbonyl (C=O) groups is 1. The van der Waals surface area contributed by atoms with Crippen molar-refractivity contribution in [3.8, 4) is 0 Å². The average molecular weight is 560 g/mol. The molecule has 0 unspecified atom stereocenters. The quantitative estimate of drug-likeness (QED) is 0.287. The Balaban J connectivity index is 1.34. The van der Waals surface area contributed by atoms with Crippen molar-refractivity contribution >= 4 is 33.2 Å². The topological polar surface area (TPSA) is 60.9 Å². The summed E-state index contributed by atoms with van der Waals surface area (Å²) in [4.78, 5) is 17.8. The standard InChI is InChI=1S/C31H30ClN3O3S/c32-27-15-10-16-28(23-27)35(39(37,38)29-17-8-3-9-18-29)24-30(36)33-19-21-34(22-20-33)31(25-11-4-1-5-12-25)26-13-6-2-7-14-26/h1-18,23,31H,19-22,24H2. The Kier molecular flexibility index (Phi) is 8.31. The van der Waals surface area contributed by atoms with E-state index in [9.17, 15) is 13.2 Å². The normalized spacial score (nSPS) is 14.4. The lowest BCUT2D eigenvalue weighted by Crippen LogP contribution is -2.52. The number of halogens is 1. The summed E-state index contributed by atoms with van der Waals surface area (Å²) in [6.45, 7) is 2.04. The molecule has 0 aromatic heterocycles. The van der Waals surface area contributed by atoms with E-state index in [-0.39, 0.29) is 23.4 Å². The fraction of sp³-hybridized carbons (Fsp3) is 0.194. The molecule has 1 amide bonds. The molecule has 1 aliphatic rings. The highest BCUT2D eigenvalue weighted by Gasteiger charge is 2.32. The third-order valence-corrected chi connectivity index (χ3v) is 8.99. The second-order valence-corrected chi connectivity index (χ2v) is 11.7. The Bertz CT molecular complexity index is 1450. The molecular formula is C31H30ClN3O3S. The second-order valence-electron chi connectivity index (χ2n) is 9.45. The van der Waals surface area contributed by atoms with Crippen LogP contribution in [0.3, 0.4) is 0 Å². The first-order valence-corrected chi connectivity index (χ1v) is 14.7. The molecular weight excluding hydrogens is 530 g/mol. The summed E-state index contributed by atoms with van der Waals surface area (Å²) in [6.07, 6.45) is 0. The van der Waals surface area contributed by atoms with Gasteiger partial charge in [-0.3, -0.25) is 14.0 Å². The van der Waals surface area contributed by atoms with Crippen LogP contribution in [0.1, 0.15) is 17.2 Å². The van der Waals surface area contributed by atoms with Gasteiger partial charge in [-0.1, -0.05) is 96.5 Å². The van der Waals surface area contributed by atoms with Gasteiger partial charge in [0.15, 0.2) is 0 Å². The largest absolute Gasteiger partial charge is 0.339 e. The molecule has 0 bridgehead atoms. The number of nitrogens with zero attached hydrogens (tertiary/aromatic N) is 3. The van der Waals surface area contributed by atoms with E-state index < -0.39 is 10.0 Å². The summed E-state index contributed by atoms with van der Waals surface area (Å²) < 4.78 is 28.4. The summed E-state index contributed by atoms with van der Waals surface area (Å²) in [5, 5.41) is 0.398. The second kappa shape index (κ2) is 12.0. The summed E-state index contributed by atoms with van der Waals surface area (Å²) in [5.41, 5.74) is 2.75. The van der Waals surface area contributed by atoms with Gasteiger partial charge >= 0.3 is 0 Å². The maximum atomic E-state index is 13.6. The zero-order valence-electron chi connectivity index (χ0n) is 21.4. The van der Waals surface area contributed by atoms with Gasteiger partial charge in [0.1, 0.15) is 6.54 Å². The number of amides is 1. The molecule has 0 atom stereocenters. The monoisotopic (exact) mass is 559 g/mol. The van der Waals surface area contributed by atoms with Crippen molar-refractivity contribution in [3.63, 3.8) is 0 Å². The van der Waals surface area contributed by atoms with E-state index in [4.69, 9.17) is 11.6 Å². The molecule has 5 rings (SSSR count). The van der Waals surface area contributed by atoms with E-state index in [2.05, 4.69) is 29.2 Å². The van der Waals surface area contributed by atoms with Crippen LogP contribution in [0.2, 0.25) is 5.02 Å². The fourth-order valence-corrected chi connectivity index (χ4v) is 6.61. The Labute approximate surface area is 235 Å². The van der Waals surface area contributed by atoms with Gasteiger partial charge in [0.05, 0.1) is 16.6 Å². The predicted octanol–water partition coefficient (Wildman–Crippen LogP) is 5.47. The van der Waals surface area contributed by atoms with E-state index >= 15 is 0 Å². The van der Waals surface area contributed by atoms with Gasteiger partial charge in [-0.25, -0.2) is 8.42 Å². The first kappa shape index (κ1) is 26.9. The van der Waals surface area contributed by atoms with Crippen molar-refractivity contribution in [3.05, 3.63) is 131 Å². The molecule has 8 heteroatoms. The fourth-order valence-electron chi connectivity index (χ4n) is 5.00. The third kappa shape index (κ3) is 6.17. The van der Waals surface area contributed by atoms with Crippen molar-refractivity contribution in [2.45, 2.75) is 10.9 Å². The van der Waals surface area contributed by atoms with Gasteiger partial charge in [-0.15, -0.1) is 0 Å². The maximum absolute atomic E-state index is 13.6. The molecule has 4 aromatic rings. The van der Waals surface area contributed by atoms with Gasteiger partial charge in [0.2, 0.25) is 5.91 Å². The number of anilines is 1. The van der Waals surface area contributed by atoms with Crippen LogP contribution in [-0.2, 0) is 14.8 Å². The molecule has 200 valence electrons. The highest BCUT2D eigenvalue weighted by atomic mass is 35.5. The maximum Gasteiger partial charge on any atom is 0.264 e. The molecule has 0 N–H and O–H groups in total. The van der Waals surface area contributed by atoms with Crippen molar-refractivity contribution < 1.29 is 13.2 Å². The predicted molar refractivity (Wildman–Crippen MR) is 155 cm³/mol. The Morgan fingerprint density at radius 2 is 1.28 bits per heavy atom. The van der Waals surface area contributed by atoms with Crippen molar-refractivity contribution in [1.82, 2.24) is 9.80 Å². The zero-order chi connectivity index (χ0) is 27.2. The smallest absolute Gasteiger partial charge is 0.264 e. The summed E-state index contributed by atoms with van der Waals surface area (Å²) in [7, 11) is -3.98. The van der Waals surface area contributed by atoms with E-state index in [1.54, 1.807) is 47.4 Å². The molecule has 39 heavy (non-hydrogen) atoms. The van der Waals surface area contributed by atoms with Crippen LogP contribution in [0.15, 0.2) is 120 Å². The van der Waals surface area contributed by atoms with Gasteiger partial charge in [-0.05, 0) is 41.5 Å². The minimum Gasteiger partial charge on any atom is -0.339 e. The molecule has 1 saturated heterocycles. The van der Waals surface area contributed by atoms with Crippen LogP contribution < -0.4 is 4.31 Å². The van der Waals surface area contributed by atoms with Crippen LogP contribution in [0.4, 0.5) is 5.69 Å². The first-order chi connectivity index (χ1) is 18.9. The number of hydrogen-bond donors (Lipinski definition) is 0. The molecule has 1 aliphatic heterocycles. The van der Waals surface area contributed by atoms with Crippen molar-refractivity contribution in [2.24, 2.45) is 0 Å². The first-order valence-electron chi connectivity index (χ1n) is 12.9. The lowest BCUT2D eigenvalue weighted by Gasteiger charge is -2.40. The summed E-state index contributed by atoms with van der Waals surface area (Å²) in [5.74, 6) is -0.245. The molecule has 0 saturated carbocycles. The van der Waals surface area contributed by atoms with Crippen LogP contribution in [0.25, 0.3) is 0 Å². The Morgan fingerprint density at radius 3 is 1.82 bits per heavy atom. The van der Waals surface area contributed by atoms with E-state index in [0.29, 0.717) is 36.9 Å².